The van der Waals surface area contributed by atoms with Crippen LogP contribution in [-0.4, -0.2) is 26.6 Å². The monoisotopic (exact) mass is 344 g/mol. The summed E-state index contributed by atoms with van der Waals surface area (Å²) in [7, 11) is -3.20. The van der Waals surface area contributed by atoms with Crippen LogP contribution in [0.4, 0.5) is 11.4 Å². The van der Waals surface area contributed by atoms with Gasteiger partial charge in [0.1, 0.15) is 0 Å². The first-order chi connectivity index (χ1) is 11.5. The fourth-order valence-corrected chi connectivity index (χ4v) is 4.35. The van der Waals surface area contributed by atoms with Crippen LogP contribution in [-0.2, 0) is 16.4 Å². The zero-order valence-electron chi connectivity index (χ0n) is 13.5. The number of nitrogens with zero attached hydrogens (tertiary/aromatic N) is 1. The highest BCUT2D eigenvalue weighted by Gasteiger charge is 2.28. The zero-order valence-corrected chi connectivity index (χ0v) is 14.3. The molecule has 0 bridgehead atoms. The number of carbonyl (C=O) groups excluding carboxylic acids is 1. The molecule has 0 aromatic heterocycles. The van der Waals surface area contributed by atoms with Gasteiger partial charge in [0, 0.05) is 17.8 Å². The molecule has 1 saturated heterocycles. The van der Waals surface area contributed by atoms with Gasteiger partial charge in [0.05, 0.1) is 11.4 Å². The Kier molecular flexibility index (Phi) is 4.57. The van der Waals surface area contributed by atoms with Crippen molar-refractivity contribution in [2.45, 2.75) is 19.8 Å². The summed E-state index contributed by atoms with van der Waals surface area (Å²) in [4.78, 5) is 12.3. The van der Waals surface area contributed by atoms with E-state index in [1.54, 1.807) is 24.3 Å². The second-order valence-electron chi connectivity index (χ2n) is 5.80. The van der Waals surface area contributed by atoms with Crippen LogP contribution in [0.2, 0.25) is 0 Å². The van der Waals surface area contributed by atoms with E-state index in [9.17, 15) is 13.2 Å². The molecule has 1 amide bonds. The first-order valence-corrected chi connectivity index (χ1v) is 9.61. The number of rotatable bonds is 4. The predicted molar refractivity (Wildman–Crippen MR) is 96.0 cm³/mol. The molecular weight excluding hydrogens is 324 g/mol. The highest BCUT2D eigenvalue weighted by Crippen LogP contribution is 2.24. The Hall–Kier alpha value is -2.34. The molecule has 1 N–H and O–H groups in total. The van der Waals surface area contributed by atoms with E-state index >= 15 is 0 Å². The van der Waals surface area contributed by atoms with Gasteiger partial charge in [-0.3, -0.25) is 9.10 Å². The third-order valence-electron chi connectivity index (χ3n) is 4.11. The summed E-state index contributed by atoms with van der Waals surface area (Å²) in [5, 5.41) is 2.87. The predicted octanol–water partition coefficient (Wildman–Crippen LogP) is 3.04. The SMILES string of the molecule is CCc1cccc(NC(=O)c2ccc(N3CCCS3(=O)=O)cc2)c1. The molecule has 0 aliphatic carbocycles. The van der Waals surface area contributed by atoms with E-state index < -0.39 is 10.0 Å². The van der Waals surface area contributed by atoms with Crippen LogP contribution in [0.3, 0.4) is 0 Å². The largest absolute Gasteiger partial charge is 0.322 e. The maximum Gasteiger partial charge on any atom is 0.255 e. The van der Waals surface area contributed by atoms with Gasteiger partial charge in [0.25, 0.3) is 5.91 Å². The van der Waals surface area contributed by atoms with Crippen molar-refractivity contribution in [1.29, 1.82) is 0 Å². The number of carbonyl (C=O) groups is 1. The van der Waals surface area contributed by atoms with E-state index in [1.807, 2.05) is 24.3 Å². The smallest absolute Gasteiger partial charge is 0.255 e. The molecule has 0 spiro atoms. The third-order valence-corrected chi connectivity index (χ3v) is 5.98. The minimum Gasteiger partial charge on any atom is -0.322 e. The van der Waals surface area contributed by atoms with E-state index in [2.05, 4.69) is 12.2 Å². The van der Waals surface area contributed by atoms with Gasteiger partial charge in [-0.05, 0) is 54.8 Å². The topological polar surface area (TPSA) is 66.5 Å². The molecule has 5 nitrogen and oxygen atoms in total. The molecule has 1 fully saturated rings. The second-order valence-corrected chi connectivity index (χ2v) is 7.81. The van der Waals surface area contributed by atoms with Crippen molar-refractivity contribution >= 4 is 27.3 Å². The Morgan fingerprint density at radius 1 is 1.17 bits per heavy atom. The molecule has 2 aromatic rings. The zero-order chi connectivity index (χ0) is 17.2. The van der Waals surface area contributed by atoms with Crippen LogP contribution in [0.5, 0.6) is 0 Å². The molecule has 0 atom stereocenters. The third kappa shape index (κ3) is 3.43. The molecular formula is C18H20N2O3S. The Morgan fingerprint density at radius 3 is 2.54 bits per heavy atom. The van der Waals surface area contributed by atoms with Crippen molar-refractivity contribution in [3.8, 4) is 0 Å². The Morgan fingerprint density at radius 2 is 1.92 bits per heavy atom. The first kappa shape index (κ1) is 16.5. The highest BCUT2D eigenvalue weighted by atomic mass is 32.2. The van der Waals surface area contributed by atoms with Crippen molar-refractivity contribution in [3.63, 3.8) is 0 Å². The molecule has 1 aliphatic heterocycles. The average molecular weight is 344 g/mol. The van der Waals surface area contributed by atoms with E-state index in [-0.39, 0.29) is 11.7 Å². The lowest BCUT2D eigenvalue weighted by molar-refractivity contribution is 0.102. The van der Waals surface area contributed by atoms with Gasteiger partial charge >= 0.3 is 0 Å². The van der Waals surface area contributed by atoms with Crippen molar-refractivity contribution < 1.29 is 13.2 Å². The van der Waals surface area contributed by atoms with Gasteiger partial charge in [-0.1, -0.05) is 19.1 Å². The Labute approximate surface area is 142 Å². The number of hydrogen-bond donors (Lipinski definition) is 1. The van der Waals surface area contributed by atoms with Crippen molar-refractivity contribution in [2.75, 3.05) is 21.9 Å². The number of amides is 1. The van der Waals surface area contributed by atoms with E-state index in [4.69, 9.17) is 0 Å². The van der Waals surface area contributed by atoms with Gasteiger partial charge in [0.2, 0.25) is 10.0 Å². The summed E-state index contributed by atoms with van der Waals surface area (Å²) >= 11 is 0. The molecule has 0 unspecified atom stereocenters. The minimum absolute atomic E-state index is 0.184. The number of sulfonamides is 1. The minimum atomic E-state index is -3.20. The van der Waals surface area contributed by atoms with Gasteiger partial charge in [-0.2, -0.15) is 0 Å². The van der Waals surface area contributed by atoms with Crippen LogP contribution in [0, 0.1) is 0 Å². The van der Waals surface area contributed by atoms with Crippen LogP contribution in [0.25, 0.3) is 0 Å². The highest BCUT2D eigenvalue weighted by molar-refractivity contribution is 7.93. The van der Waals surface area contributed by atoms with Gasteiger partial charge in [-0.25, -0.2) is 8.42 Å². The summed E-state index contributed by atoms with van der Waals surface area (Å²) in [5.41, 5.74) is 3.02. The number of aryl methyl sites for hydroxylation is 1. The number of hydrogen-bond acceptors (Lipinski definition) is 3. The van der Waals surface area contributed by atoms with Crippen LogP contribution in [0.1, 0.15) is 29.3 Å². The lowest BCUT2D eigenvalue weighted by Gasteiger charge is -2.17. The maximum atomic E-state index is 12.3. The molecule has 3 rings (SSSR count). The second kappa shape index (κ2) is 6.65. The summed E-state index contributed by atoms with van der Waals surface area (Å²) in [6.07, 6.45) is 1.54. The van der Waals surface area contributed by atoms with E-state index in [0.29, 0.717) is 24.2 Å². The normalized spacial score (nSPS) is 16.1. The average Bonchev–Trinajstić information content (AvgIpc) is 2.94. The van der Waals surface area contributed by atoms with Gasteiger partial charge < -0.3 is 5.32 Å². The number of benzene rings is 2. The lowest BCUT2D eigenvalue weighted by atomic mass is 10.1. The summed E-state index contributed by atoms with van der Waals surface area (Å²) in [6.45, 7) is 2.56. The molecule has 24 heavy (non-hydrogen) atoms. The van der Waals surface area contributed by atoms with Crippen molar-refractivity contribution in [1.82, 2.24) is 0 Å². The number of anilines is 2. The summed E-state index contributed by atoms with van der Waals surface area (Å²) < 4.78 is 25.3. The van der Waals surface area contributed by atoms with Gasteiger partial charge in [-0.15, -0.1) is 0 Å². The van der Waals surface area contributed by atoms with Gasteiger partial charge in [0.15, 0.2) is 0 Å². The van der Waals surface area contributed by atoms with Crippen LogP contribution in [0.15, 0.2) is 48.5 Å². The van der Waals surface area contributed by atoms with Crippen molar-refractivity contribution in [3.05, 3.63) is 59.7 Å². The Balaban J connectivity index is 1.74. The van der Waals surface area contributed by atoms with Crippen LogP contribution >= 0.6 is 0 Å². The molecule has 0 radical (unpaired) electrons. The Bertz CT molecular complexity index is 845. The summed E-state index contributed by atoms with van der Waals surface area (Å²) in [6, 6.07) is 14.4. The molecule has 0 saturated carbocycles. The molecule has 6 heteroatoms. The van der Waals surface area contributed by atoms with Crippen LogP contribution < -0.4 is 9.62 Å². The fraction of sp³-hybridized carbons (Fsp3) is 0.278. The molecule has 1 aliphatic rings. The van der Waals surface area contributed by atoms with E-state index in [0.717, 1.165) is 17.7 Å². The molecule has 1 heterocycles. The lowest BCUT2D eigenvalue weighted by Crippen LogP contribution is -2.25. The fourth-order valence-electron chi connectivity index (χ4n) is 2.78. The first-order valence-electron chi connectivity index (χ1n) is 8.00. The maximum absolute atomic E-state index is 12.3. The van der Waals surface area contributed by atoms with Crippen molar-refractivity contribution in [2.24, 2.45) is 0 Å². The van der Waals surface area contributed by atoms with E-state index in [1.165, 1.54) is 4.31 Å². The summed E-state index contributed by atoms with van der Waals surface area (Å²) in [5.74, 6) is -0.0256. The quantitative estimate of drug-likeness (QED) is 0.927. The molecule has 2 aromatic carbocycles. The standard InChI is InChI=1S/C18H20N2O3S/c1-2-14-5-3-6-16(13-14)19-18(21)15-7-9-17(10-8-15)20-11-4-12-24(20,22)23/h3,5-10,13H,2,4,11-12H2,1H3,(H,19,21). The molecule has 126 valence electrons. The number of nitrogens with one attached hydrogen (secondary N) is 1.